The number of nitro groups is 1. The molecule has 1 atom stereocenters. The van der Waals surface area contributed by atoms with Crippen molar-refractivity contribution in [2.24, 2.45) is 0 Å². The molecule has 0 bridgehead atoms. The number of aromatic nitrogens is 1. The number of hydrogen-bond acceptors (Lipinski definition) is 5. The molecule has 0 aliphatic heterocycles. The zero-order valence-electron chi connectivity index (χ0n) is 10.8. The molecule has 0 saturated carbocycles. The molecule has 0 fully saturated rings. The van der Waals surface area contributed by atoms with Gasteiger partial charge in [-0.05, 0) is 18.1 Å². The third kappa shape index (κ3) is 3.52. The first-order valence-corrected chi connectivity index (χ1v) is 6.21. The van der Waals surface area contributed by atoms with Crippen molar-refractivity contribution >= 4 is 11.5 Å². The Balaban J connectivity index is 2.13. The summed E-state index contributed by atoms with van der Waals surface area (Å²) in [5.41, 5.74) is 0.941. The van der Waals surface area contributed by atoms with E-state index in [9.17, 15) is 15.2 Å². The van der Waals surface area contributed by atoms with Crippen molar-refractivity contribution in [1.29, 1.82) is 0 Å². The number of anilines is 1. The molecule has 0 unspecified atom stereocenters. The monoisotopic (exact) mass is 273 g/mol. The normalized spacial score (nSPS) is 11.8. The highest BCUT2D eigenvalue weighted by Crippen LogP contribution is 2.21. The van der Waals surface area contributed by atoms with E-state index in [2.05, 4.69) is 10.3 Å². The Labute approximate surface area is 116 Å². The van der Waals surface area contributed by atoms with E-state index in [1.807, 2.05) is 30.3 Å². The summed E-state index contributed by atoms with van der Waals surface area (Å²) in [5.74, 6) is 0.174. The highest BCUT2D eigenvalue weighted by Gasteiger charge is 2.17. The summed E-state index contributed by atoms with van der Waals surface area (Å²) >= 11 is 0. The maximum atomic E-state index is 10.9. The quantitative estimate of drug-likeness (QED) is 0.621. The van der Waals surface area contributed by atoms with Gasteiger partial charge in [-0.2, -0.15) is 0 Å². The molecule has 6 heteroatoms. The van der Waals surface area contributed by atoms with Crippen molar-refractivity contribution in [2.45, 2.75) is 12.5 Å². The predicted molar refractivity (Wildman–Crippen MR) is 75.5 cm³/mol. The van der Waals surface area contributed by atoms with Gasteiger partial charge in [0.15, 0.2) is 0 Å². The topological polar surface area (TPSA) is 88.3 Å². The van der Waals surface area contributed by atoms with Crippen LogP contribution in [-0.4, -0.2) is 27.7 Å². The summed E-state index contributed by atoms with van der Waals surface area (Å²) in [7, 11) is 0. The number of benzene rings is 1. The lowest BCUT2D eigenvalue weighted by Gasteiger charge is -2.16. The number of aliphatic hydroxyl groups is 1. The minimum Gasteiger partial charge on any atom is -0.394 e. The number of hydrogen-bond donors (Lipinski definition) is 2. The first-order chi connectivity index (χ1) is 9.70. The SMILES string of the molecule is O=[N+]([O-])c1cccnc1N[C@H](CO)Cc1ccccc1. The fourth-order valence-corrected chi connectivity index (χ4v) is 1.91. The smallest absolute Gasteiger partial charge is 0.311 e. The Morgan fingerprint density at radius 2 is 2.00 bits per heavy atom. The van der Waals surface area contributed by atoms with E-state index in [0.717, 1.165) is 5.56 Å². The van der Waals surface area contributed by atoms with Crippen LogP contribution in [0.25, 0.3) is 0 Å². The summed E-state index contributed by atoms with van der Waals surface area (Å²) in [6, 6.07) is 12.2. The first-order valence-electron chi connectivity index (χ1n) is 6.21. The van der Waals surface area contributed by atoms with E-state index in [-0.39, 0.29) is 24.2 Å². The van der Waals surface area contributed by atoms with Crippen molar-refractivity contribution in [3.8, 4) is 0 Å². The Morgan fingerprint density at radius 3 is 2.65 bits per heavy atom. The van der Waals surface area contributed by atoms with Gasteiger partial charge >= 0.3 is 5.69 Å². The van der Waals surface area contributed by atoms with Gasteiger partial charge in [0.1, 0.15) is 0 Å². The molecule has 2 N–H and O–H groups in total. The van der Waals surface area contributed by atoms with Crippen LogP contribution in [0.3, 0.4) is 0 Å². The molecular formula is C14H15N3O3. The predicted octanol–water partition coefficient (Wildman–Crippen LogP) is 2.01. The summed E-state index contributed by atoms with van der Waals surface area (Å²) in [4.78, 5) is 14.4. The average molecular weight is 273 g/mol. The Hall–Kier alpha value is -2.47. The average Bonchev–Trinajstić information content (AvgIpc) is 2.48. The van der Waals surface area contributed by atoms with Crippen LogP contribution in [0.4, 0.5) is 11.5 Å². The van der Waals surface area contributed by atoms with Gasteiger partial charge in [-0.25, -0.2) is 4.98 Å². The van der Waals surface area contributed by atoms with Crippen LogP contribution in [0.1, 0.15) is 5.56 Å². The van der Waals surface area contributed by atoms with Crippen molar-refractivity contribution in [3.05, 3.63) is 64.3 Å². The van der Waals surface area contributed by atoms with Crippen LogP contribution in [0, 0.1) is 10.1 Å². The number of rotatable bonds is 6. The molecule has 0 radical (unpaired) electrons. The van der Waals surface area contributed by atoms with E-state index < -0.39 is 4.92 Å². The molecule has 20 heavy (non-hydrogen) atoms. The lowest BCUT2D eigenvalue weighted by Crippen LogP contribution is -2.27. The second kappa shape index (κ2) is 6.63. The van der Waals surface area contributed by atoms with Gasteiger partial charge in [-0.15, -0.1) is 0 Å². The van der Waals surface area contributed by atoms with Crippen LogP contribution in [0.15, 0.2) is 48.7 Å². The van der Waals surface area contributed by atoms with E-state index in [0.29, 0.717) is 6.42 Å². The van der Waals surface area contributed by atoms with Gasteiger partial charge < -0.3 is 10.4 Å². The van der Waals surface area contributed by atoms with Crippen LogP contribution in [0.5, 0.6) is 0 Å². The molecule has 2 aromatic rings. The zero-order chi connectivity index (χ0) is 14.4. The van der Waals surface area contributed by atoms with Crippen LogP contribution >= 0.6 is 0 Å². The highest BCUT2D eigenvalue weighted by molar-refractivity contribution is 5.55. The second-order valence-electron chi connectivity index (χ2n) is 4.34. The van der Waals surface area contributed by atoms with Crippen molar-refractivity contribution in [2.75, 3.05) is 11.9 Å². The minimum absolute atomic E-state index is 0.0981. The van der Waals surface area contributed by atoms with Gasteiger partial charge in [-0.3, -0.25) is 10.1 Å². The molecule has 0 saturated heterocycles. The Morgan fingerprint density at radius 1 is 1.25 bits per heavy atom. The van der Waals surface area contributed by atoms with Crippen LogP contribution < -0.4 is 5.32 Å². The first kappa shape index (κ1) is 14.0. The molecule has 2 rings (SSSR count). The molecule has 0 spiro atoms. The number of nitrogens with zero attached hydrogens (tertiary/aromatic N) is 2. The fraction of sp³-hybridized carbons (Fsp3) is 0.214. The van der Waals surface area contributed by atoms with E-state index >= 15 is 0 Å². The fourth-order valence-electron chi connectivity index (χ4n) is 1.91. The summed E-state index contributed by atoms with van der Waals surface area (Å²) in [6.07, 6.45) is 2.04. The second-order valence-corrected chi connectivity index (χ2v) is 4.34. The lowest BCUT2D eigenvalue weighted by molar-refractivity contribution is -0.384. The van der Waals surface area contributed by atoms with Crippen LogP contribution in [-0.2, 0) is 6.42 Å². The maximum absolute atomic E-state index is 10.9. The van der Waals surface area contributed by atoms with Gasteiger partial charge in [0.2, 0.25) is 5.82 Å². The van der Waals surface area contributed by atoms with Crippen molar-refractivity contribution in [3.63, 3.8) is 0 Å². The molecule has 0 aliphatic rings. The van der Waals surface area contributed by atoms with Gasteiger partial charge in [0, 0.05) is 12.3 Å². The summed E-state index contributed by atoms with van der Waals surface area (Å²) in [5, 5.41) is 23.3. The molecule has 0 amide bonds. The third-order valence-electron chi connectivity index (χ3n) is 2.87. The number of aliphatic hydroxyl groups excluding tert-OH is 1. The van der Waals surface area contributed by atoms with Crippen LogP contribution in [0.2, 0.25) is 0 Å². The highest BCUT2D eigenvalue weighted by atomic mass is 16.6. The molecule has 1 aromatic carbocycles. The zero-order valence-corrected chi connectivity index (χ0v) is 10.8. The van der Waals surface area contributed by atoms with E-state index in [4.69, 9.17) is 0 Å². The third-order valence-corrected chi connectivity index (χ3v) is 2.87. The molecule has 104 valence electrons. The summed E-state index contributed by atoms with van der Waals surface area (Å²) in [6.45, 7) is -0.136. The summed E-state index contributed by atoms with van der Waals surface area (Å²) < 4.78 is 0. The lowest BCUT2D eigenvalue weighted by atomic mass is 10.1. The largest absolute Gasteiger partial charge is 0.394 e. The molecule has 6 nitrogen and oxygen atoms in total. The van der Waals surface area contributed by atoms with E-state index in [1.165, 1.54) is 18.3 Å². The van der Waals surface area contributed by atoms with Gasteiger partial charge in [0.25, 0.3) is 0 Å². The van der Waals surface area contributed by atoms with Crippen molar-refractivity contribution < 1.29 is 10.0 Å². The van der Waals surface area contributed by atoms with E-state index in [1.54, 1.807) is 0 Å². The molecule has 1 heterocycles. The molecular weight excluding hydrogens is 258 g/mol. The Kier molecular flexibility index (Phi) is 4.62. The van der Waals surface area contributed by atoms with Gasteiger partial charge in [0.05, 0.1) is 17.6 Å². The number of nitrogens with one attached hydrogen (secondary N) is 1. The van der Waals surface area contributed by atoms with Gasteiger partial charge in [-0.1, -0.05) is 30.3 Å². The standard InChI is InChI=1S/C14H15N3O3/c18-10-12(9-11-5-2-1-3-6-11)16-14-13(17(19)20)7-4-8-15-14/h1-8,12,18H,9-10H2,(H,15,16)/t12-/m0/s1. The minimum atomic E-state index is -0.494. The molecule has 1 aromatic heterocycles. The Bertz CT molecular complexity index is 575. The maximum Gasteiger partial charge on any atom is 0.311 e. The van der Waals surface area contributed by atoms with Crippen molar-refractivity contribution in [1.82, 2.24) is 4.98 Å². The molecule has 0 aliphatic carbocycles. The number of pyridine rings is 1.